The van der Waals surface area contributed by atoms with Gasteiger partial charge >= 0.3 is 6.18 Å². The standard InChI is InChI=1S/C11H7F3N4/c1-7-16-4-5-18(7)10-8(6-15)2-3-9(17-10)11(12,13)14/h2-5H,1H3. The van der Waals surface area contributed by atoms with Crippen LogP contribution in [0.1, 0.15) is 17.1 Å². The van der Waals surface area contributed by atoms with Crippen molar-refractivity contribution < 1.29 is 13.2 Å². The number of nitrogens with zero attached hydrogens (tertiary/aromatic N) is 4. The molecule has 0 unspecified atom stereocenters. The number of halogens is 3. The van der Waals surface area contributed by atoms with Gasteiger partial charge in [-0.15, -0.1) is 0 Å². The zero-order valence-corrected chi connectivity index (χ0v) is 9.23. The summed E-state index contributed by atoms with van der Waals surface area (Å²) in [6.07, 6.45) is -1.66. The third-order valence-electron chi connectivity index (χ3n) is 2.34. The van der Waals surface area contributed by atoms with E-state index in [0.717, 1.165) is 12.1 Å². The number of hydrogen-bond donors (Lipinski definition) is 0. The molecule has 92 valence electrons. The van der Waals surface area contributed by atoms with Crippen molar-refractivity contribution in [2.24, 2.45) is 0 Å². The number of pyridine rings is 1. The van der Waals surface area contributed by atoms with Crippen LogP contribution in [0.2, 0.25) is 0 Å². The predicted octanol–water partition coefficient (Wildman–Crippen LogP) is 2.47. The first-order chi connectivity index (χ1) is 8.43. The molecule has 0 radical (unpaired) electrons. The number of imidazole rings is 1. The van der Waals surface area contributed by atoms with Crippen molar-refractivity contribution in [1.82, 2.24) is 14.5 Å². The molecule has 0 aliphatic carbocycles. The average molecular weight is 252 g/mol. The molecule has 0 N–H and O–H groups in total. The molecular formula is C11H7F3N4. The van der Waals surface area contributed by atoms with Crippen molar-refractivity contribution in [2.45, 2.75) is 13.1 Å². The smallest absolute Gasteiger partial charge is 0.287 e. The molecule has 7 heteroatoms. The van der Waals surface area contributed by atoms with E-state index in [2.05, 4.69) is 9.97 Å². The molecule has 0 atom stereocenters. The second kappa shape index (κ2) is 4.14. The Bertz CT molecular complexity index is 622. The van der Waals surface area contributed by atoms with E-state index < -0.39 is 11.9 Å². The van der Waals surface area contributed by atoms with E-state index in [1.807, 2.05) is 6.07 Å². The molecule has 2 aromatic heterocycles. The number of aryl methyl sites for hydroxylation is 1. The second-order valence-electron chi connectivity index (χ2n) is 3.52. The molecule has 0 amide bonds. The third kappa shape index (κ3) is 2.05. The van der Waals surface area contributed by atoms with Gasteiger partial charge in [0, 0.05) is 12.4 Å². The van der Waals surface area contributed by atoms with E-state index in [4.69, 9.17) is 5.26 Å². The lowest BCUT2D eigenvalue weighted by Crippen LogP contribution is -2.12. The van der Waals surface area contributed by atoms with Gasteiger partial charge in [0.15, 0.2) is 5.82 Å². The number of alkyl halides is 3. The fourth-order valence-corrected chi connectivity index (χ4v) is 1.48. The van der Waals surface area contributed by atoms with E-state index in [9.17, 15) is 13.2 Å². The van der Waals surface area contributed by atoms with Gasteiger partial charge in [-0.2, -0.15) is 18.4 Å². The van der Waals surface area contributed by atoms with Crippen molar-refractivity contribution in [3.05, 3.63) is 41.6 Å². The summed E-state index contributed by atoms with van der Waals surface area (Å²) in [6.45, 7) is 1.61. The van der Waals surface area contributed by atoms with Crippen LogP contribution in [0, 0.1) is 18.3 Å². The molecule has 0 saturated carbocycles. The maximum Gasteiger partial charge on any atom is 0.433 e. The van der Waals surface area contributed by atoms with Crippen molar-refractivity contribution in [1.29, 1.82) is 5.26 Å². The molecule has 0 spiro atoms. The molecule has 2 rings (SSSR count). The minimum Gasteiger partial charge on any atom is -0.287 e. The van der Waals surface area contributed by atoms with Crippen LogP contribution in [0.25, 0.3) is 5.82 Å². The van der Waals surface area contributed by atoms with E-state index in [0.29, 0.717) is 5.82 Å². The minimum absolute atomic E-state index is 0.0594. The summed E-state index contributed by atoms with van der Waals surface area (Å²) < 4.78 is 39.1. The molecule has 0 bridgehead atoms. The lowest BCUT2D eigenvalue weighted by molar-refractivity contribution is -0.141. The molecular weight excluding hydrogens is 245 g/mol. The van der Waals surface area contributed by atoms with Crippen LogP contribution >= 0.6 is 0 Å². The molecule has 0 aromatic carbocycles. The van der Waals surface area contributed by atoms with Gasteiger partial charge in [0.2, 0.25) is 0 Å². The van der Waals surface area contributed by atoms with E-state index in [1.54, 1.807) is 6.92 Å². The summed E-state index contributed by atoms with van der Waals surface area (Å²) in [7, 11) is 0. The first-order valence-electron chi connectivity index (χ1n) is 4.92. The molecule has 0 aliphatic heterocycles. The van der Waals surface area contributed by atoms with Crippen LogP contribution in [-0.4, -0.2) is 14.5 Å². The van der Waals surface area contributed by atoms with Crippen LogP contribution in [0.15, 0.2) is 24.5 Å². The van der Waals surface area contributed by atoms with Crippen LogP contribution in [0.3, 0.4) is 0 Å². The summed E-state index contributed by atoms with van der Waals surface area (Å²) in [6, 6.07) is 3.70. The summed E-state index contributed by atoms with van der Waals surface area (Å²) in [5.41, 5.74) is -0.978. The zero-order chi connectivity index (χ0) is 13.3. The van der Waals surface area contributed by atoms with Gasteiger partial charge in [-0.3, -0.25) is 4.57 Å². The molecule has 18 heavy (non-hydrogen) atoms. The van der Waals surface area contributed by atoms with Crippen LogP contribution < -0.4 is 0 Å². The third-order valence-corrected chi connectivity index (χ3v) is 2.34. The molecule has 0 saturated heterocycles. The van der Waals surface area contributed by atoms with Crippen molar-refractivity contribution in [2.75, 3.05) is 0 Å². The lowest BCUT2D eigenvalue weighted by Gasteiger charge is -2.10. The first-order valence-corrected chi connectivity index (χ1v) is 4.92. The van der Waals surface area contributed by atoms with Gasteiger partial charge in [-0.1, -0.05) is 0 Å². The van der Waals surface area contributed by atoms with Gasteiger partial charge in [0.1, 0.15) is 17.6 Å². The summed E-state index contributed by atoms with van der Waals surface area (Å²) in [5, 5.41) is 8.90. The SMILES string of the molecule is Cc1nccn1-c1nc(C(F)(F)F)ccc1C#N. The topological polar surface area (TPSA) is 54.5 Å². The Labute approximate surface area is 100 Å². The minimum atomic E-state index is -4.54. The fourth-order valence-electron chi connectivity index (χ4n) is 1.48. The number of rotatable bonds is 1. The summed E-state index contributed by atoms with van der Waals surface area (Å²) in [5.74, 6) is 0.389. The summed E-state index contributed by atoms with van der Waals surface area (Å²) in [4.78, 5) is 7.39. The van der Waals surface area contributed by atoms with Gasteiger partial charge in [-0.25, -0.2) is 9.97 Å². The van der Waals surface area contributed by atoms with Crippen molar-refractivity contribution in [3.8, 4) is 11.9 Å². The highest BCUT2D eigenvalue weighted by Crippen LogP contribution is 2.29. The molecule has 0 aliphatic rings. The normalized spacial score (nSPS) is 11.3. The molecule has 2 heterocycles. The maximum absolute atomic E-state index is 12.6. The molecule has 0 fully saturated rings. The predicted molar refractivity (Wildman–Crippen MR) is 55.8 cm³/mol. The van der Waals surface area contributed by atoms with Crippen LogP contribution in [0.5, 0.6) is 0 Å². The quantitative estimate of drug-likeness (QED) is 0.783. The van der Waals surface area contributed by atoms with E-state index in [1.165, 1.54) is 17.0 Å². The zero-order valence-electron chi connectivity index (χ0n) is 9.23. The van der Waals surface area contributed by atoms with Crippen molar-refractivity contribution >= 4 is 0 Å². The molecule has 2 aromatic rings. The average Bonchev–Trinajstić information content (AvgIpc) is 2.73. The highest BCUT2D eigenvalue weighted by Gasteiger charge is 2.33. The second-order valence-corrected chi connectivity index (χ2v) is 3.52. The monoisotopic (exact) mass is 252 g/mol. The summed E-state index contributed by atoms with van der Waals surface area (Å²) >= 11 is 0. The maximum atomic E-state index is 12.6. The Hall–Kier alpha value is -2.36. The number of aromatic nitrogens is 3. The Kier molecular flexibility index (Phi) is 2.79. The Balaban J connectivity index is 2.65. The number of nitriles is 1. The molecule has 4 nitrogen and oxygen atoms in total. The lowest BCUT2D eigenvalue weighted by atomic mass is 10.2. The Morgan fingerprint density at radius 3 is 2.56 bits per heavy atom. The highest BCUT2D eigenvalue weighted by atomic mass is 19.4. The largest absolute Gasteiger partial charge is 0.433 e. The van der Waals surface area contributed by atoms with Gasteiger partial charge in [0.05, 0.1) is 5.56 Å². The first kappa shape index (κ1) is 12.1. The Morgan fingerprint density at radius 1 is 1.33 bits per heavy atom. The van der Waals surface area contributed by atoms with Gasteiger partial charge in [-0.05, 0) is 19.1 Å². The fraction of sp³-hybridized carbons (Fsp3) is 0.182. The van der Waals surface area contributed by atoms with E-state index >= 15 is 0 Å². The van der Waals surface area contributed by atoms with Crippen LogP contribution in [-0.2, 0) is 6.18 Å². The van der Waals surface area contributed by atoms with Crippen molar-refractivity contribution in [3.63, 3.8) is 0 Å². The number of hydrogen-bond acceptors (Lipinski definition) is 3. The highest BCUT2D eigenvalue weighted by molar-refractivity contribution is 5.45. The van der Waals surface area contributed by atoms with Gasteiger partial charge in [0.25, 0.3) is 0 Å². The van der Waals surface area contributed by atoms with Crippen LogP contribution in [0.4, 0.5) is 13.2 Å². The Morgan fingerprint density at radius 2 is 2.06 bits per heavy atom. The van der Waals surface area contributed by atoms with Gasteiger partial charge < -0.3 is 0 Å². The van der Waals surface area contributed by atoms with E-state index in [-0.39, 0.29) is 11.4 Å².